The van der Waals surface area contributed by atoms with Crippen LogP contribution in [0.5, 0.6) is 5.75 Å². The van der Waals surface area contributed by atoms with Crippen LogP contribution in [0.1, 0.15) is 62.6 Å². The average Bonchev–Trinajstić information content (AvgIpc) is 3.20. The molecule has 2 aromatic rings. The highest BCUT2D eigenvalue weighted by molar-refractivity contribution is 5.43. The molecule has 2 fully saturated rings. The zero-order chi connectivity index (χ0) is 22.2. The Morgan fingerprint density at radius 2 is 1.77 bits per heavy atom. The van der Waals surface area contributed by atoms with Crippen molar-refractivity contribution in [2.75, 3.05) is 27.2 Å². The van der Waals surface area contributed by atoms with Gasteiger partial charge in [0, 0.05) is 43.8 Å². The number of hydrogen-bond acceptors (Lipinski definition) is 5. The molecule has 0 amide bonds. The first-order valence-corrected chi connectivity index (χ1v) is 11.4. The van der Waals surface area contributed by atoms with Crippen LogP contribution < -0.4 is 4.74 Å². The molecule has 3 atom stereocenters. The van der Waals surface area contributed by atoms with Crippen molar-refractivity contribution >= 4 is 0 Å². The first-order valence-electron chi connectivity index (χ1n) is 11.4. The summed E-state index contributed by atoms with van der Waals surface area (Å²) in [7, 11) is 3.85. The molecule has 1 N–H and O–H groups in total. The number of methoxy groups -OCH3 is 1. The lowest BCUT2D eigenvalue weighted by Crippen LogP contribution is -2.63. The van der Waals surface area contributed by atoms with E-state index in [0.29, 0.717) is 11.7 Å². The van der Waals surface area contributed by atoms with Crippen molar-refractivity contribution in [2.24, 2.45) is 5.41 Å². The molecule has 168 valence electrons. The Balaban J connectivity index is 1.68. The largest absolute Gasteiger partial charge is 0.489 e. The molecule has 1 saturated carbocycles. The van der Waals surface area contributed by atoms with E-state index in [9.17, 15) is 5.11 Å². The summed E-state index contributed by atoms with van der Waals surface area (Å²) in [6.07, 6.45) is 6.83. The minimum absolute atomic E-state index is 0.130. The Morgan fingerprint density at radius 3 is 2.35 bits per heavy atom. The van der Waals surface area contributed by atoms with Crippen LogP contribution in [0.2, 0.25) is 0 Å². The molecule has 0 radical (unpaired) electrons. The molecular weight excluding hydrogens is 388 g/mol. The quantitative estimate of drug-likeness (QED) is 0.717. The van der Waals surface area contributed by atoms with Gasteiger partial charge in [-0.1, -0.05) is 45.0 Å². The topological polar surface area (TPSA) is 54.8 Å². The van der Waals surface area contributed by atoms with Crippen LogP contribution in [-0.4, -0.2) is 54.4 Å². The van der Waals surface area contributed by atoms with Gasteiger partial charge in [0.15, 0.2) is 0 Å². The Morgan fingerprint density at radius 1 is 1.10 bits per heavy atom. The molecule has 31 heavy (non-hydrogen) atoms. The number of nitrogens with zero attached hydrogens (tertiary/aromatic N) is 2. The van der Waals surface area contributed by atoms with E-state index < -0.39 is 5.60 Å². The van der Waals surface area contributed by atoms with Gasteiger partial charge in [-0.2, -0.15) is 0 Å². The molecule has 1 aliphatic carbocycles. The number of likely N-dealkylation sites (tertiary alicyclic amines) is 1. The van der Waals surface area contributed by atoms with E-state index in [4.69, 9.17) is 9.47 Å². The number of aliphatic hydroxyl groups is 1. The molecule has 1 aliphatic heterocycles. The first-order chi connectivity index (χ1) is 14.7. The van der Waals surface area contributed by atoms with E-state index in [1.54, 1.807) is 19.5 Å². The summed E-state index contributed by atoms with van der Waals surface area (Å²) in [5, 5.41) is 12.3. The van der Waals surface area contributed by atoms with Gasteiger partial charge < -0.3 is 19.5 Å². The molecule has 5 nitrogen and oxygen atoms in total. The van der Waals surface area contributed by atoms with E-state index in [0.717, 1.165) is 43.5 Å². The molecule has 0 spiro atoms. The highest BCUT2D eigenvalue weighted by Gasteiger charge is 2.55. The fourth-order valence-corrected chi connectivity index (χ4v) is 5.44. The maximum absolute atomic E-state index is 12.3. The summed E-state index contributed by atoms with van der Waals surface area (Å²) in [5.74, 6) is 1.17. The van der Waals surface area contributed by atoms with Crippen molar-refractivity contribution in [3.05, 3.63) is 59.4 Å². The Hall–Kier alpha value is -1.95. The summed E-state index contributed by atoms with van der Waals surface area (Å²) in [5.41, 5.74) is 1.51. The third kappa shape index (κ3) is 4.11. The number of benzene rings is 1. The van der Waals surface area contributed by atoms with Gasteiger partial charge in [0.05, 0.1) is 12.3 Å². The third-order valence-corrected chi connectivity index (χ3v) is 7.21. The Kier molecular flexibility index (Phi) is 6.12. The van der Waals surface area contributed by atoms with E-state index in [-0.39, 0.29) is 17.6 Å². The number of hydrogen-bond donors (Lipinski definition) is 1. The SMILES string of the molecule is COC1CCC(Oc2cncc(C(O)(c3ccc(C(C)C)cc3)C3(C)CN(C)C3)c2)C1. The summed E-state index contributed by atoms with van der Waals surface area (Å²) < 4.78 is 11.7. The van der Waals surface area contributed by atoms with Crippen molar-refractivity contribution in [3.8, 4) is 5.75 Å². The zero-order valence-electron chi connectivity index (χ0n) is 19.5. The molecule has 1 aromatic carbocycles. The second-order valence-corrected chi connectivity index (χ2v) is 10.0. The first kappa shape index (κ1) is 22.3. The fourth-order valence-electron chi connectivity index (χ4n) is 5.44. The van der Waals surface area contributed by atoms with Gasteiger partial charge in [0.1, 0.15) is 17.5 Å². The lowest BCUT2D eigenvalue weighted by atomic mass is 9.62. The van der Waals surface area contributed by atoms with Crippen LogP contribution in [0, 0.1) is 5.41 Å². The van der Waals surface area contributed by atoms with Crippen molar-refractivity contribution in [1.82, 2.24) is 9.88 Å². The van der Waals surface area contributed by atoms with Crippen LogP contribution in [0.15, 0.2) is 42.7 Å². The van der Waals surface area contributed by atoms with Gasteiger partial charge in [-0.05, 0) is 43.0 Å². The van der Waals surface area contributed by atoms with Crippen LogP contribution in [0.3, 0.4) is 0 Å². The predicted octanol–water partition coefficient (Wildman–Crippen LogP) is 4.34. The van der Waals surface area contributed by atoms with Crippen molar-refractivity contribution < 1.29 is 14.6 Å². The molecule has 1 saturated heterocycles. The highest BCUT2D eigenvalue weighted by atomic mass is 16.5. The van der Waals surface area contributed by atoms with E-state index in [1.807, 2.05) is 6.07 Å². The van der Waals surface area contributed by atoms with E-state index in [2.05, 4.69) is 62.0 Å². The number of aromatic nitrogens is 1. The summed E-state index contributed by atoms with van der Waals surface area (Å²) in [6, 6.07) is 10.4. The second kappa shape index (κ2) is 8.53. The molecule has 2 aliphatic rings. The fraction of sp³-hybridized carbons (Fsp3) is 0.577. The maximum atomic E-state index is 12.3. The number of ether oxygens (including phenoxy) is 2. The van der Waals surface area contributed by atoms with Gasteiger partial charge >= 0.3 is 0 Å². The monoisotopic (exact) mass is 424 g/mol. The van der Waals surface area contributed by atoms with Crippen molar-refractivity contribution in [3.63, 3.8) is 0 Å². The van der Waals surface area contributed by atoms with Crippen LogP contribution in [0.25, 0.3) is 0 Å². The van der Waals surface area contributed by atoms with Gasteiger partial charge in [-0.25, -0.2) is 0 Å². The van der Waals surface area contributed by atoms with Crippen molar-refractivity contribution in [1.29, 1.82) is 0 Å². The third-order valence-electron chi connectivity index (χ3n) is 7.21. The highest BCUT2D eigenvalue weighted by Crippen LogP contribution is 2.50. The molecule has 0 bridgehead atoms. The van der Waals surface area contributed by atoms with Crippen molar-refractivity contribution in [2.45, 2.75) is 63.8 Å². The predicted molar refractivity (Wildman–Crippen MR) is 122 cm³/mol. The zero-order valence-corrected chi connectivity index (χ0v) is 19.5. The minimum Gasteiger partial charge on any atom is -0.489 e. The average molecular weight is 425 g/mol. The maximum Gasteiger partial charge on any atom is 0.138 e. The Labute approximate surface area is 186 Å². The number of pyridine rings is 1. The smallest absolute Gasteiger partial charge is 0.138 e. The van der Waals surface area contributed by atoms with Crippen LogP contribution in [-0.2, 0) is 10.3 Å². The van der Waals surface area contributed by atoms with Gasteiger partial charge in [-0.15, -0.1) is 0 Å². The van der Waals surface area contributed by atoms with Gasteiger partial charge in [0.2, 0.25) is 0 Å². The van der Waals surface area contributed by atoms with Gasteiger partial charge in [0.25, 0.3) is 0 Å². The minimum atomic E-state index is -1.15. The summed E-state index contributed by atoms with van der Waals surface area (Å²) in [6.45, 7) is 8.17. The molecule has 1 aromatic heterocycles. The lowest BCUT2D eigenvalue weighted by Gasteiger charge is -2.55. The molecule has 5 heteroatoms. The summed E-state index contributed by atoms with van der Waals surface area (Å²) in [4.78, 5) is 6.71. The second-order valence-electron chi connectivity index (χ2n) is 10.0. The molecule has 3 unspecified atom stereocenters. The summed E-state index contributed by atoms with van der Waals surface area (Å²) >= 11 is 0. The van der Waals surface area contributed by atoms with Gasteiger partial charge in [-0.3, -0.25) is 4.98 Å². The Bertz CT molecular complexity index is 892. The number of rotatable bonds is 7. The van der Waals surface area contributed by atoms with Crippen LogP contribution >= 0.6 is 0 Å². The molecular formula is C26H36N2O3. The molecule has 4 rings (SSSR count). The standard InChI is InChI=1S/C26H36N2O3/c1-18(2)19-6-8-20(9-7-19)26(29,25(3)16-28(4)17-25)21-12-24(15-27-14-21)31-23-11-10-22(13-23)30-5/h6-9,12,14-15,18,22-23,29H,10-11,13,16-17H2,1-5H3. The van der Waals surface area contributed by atoms with Crippen LogP contribution in [0.4, 0.5) is 0 Å². The normalized spacial score (nSPS) is 25.3. The lowest BCUT2D eigenvalue weighted by molar-refractivity contribution is -0.127. The molecule has 2 heterocycles. The van der Waals surface area contributed by atoms with E-state index >= 15 is 0 Å². The van der Waals surface area contributed by atoms with E-state index in [1.165, 1.54) is 5.56 Å².